The normalized spacial score (nSPS) is 10.4. The second-order valence-electron chi connectivity index (χ2n) is 3.57. The highest BCUT2D eigenvalue weighted by Gasteiger charge is 2.15. The summed E-state index contributed by atoms with van der Waals surface area (Å²) in [6.45, 7) is -0.118. The molecule has 0 saturated heterocycles. The maximum Gasteiger partial charge on any atom is 0.226 e. The molecule has 3 nitrogen and oxygen atoms in total. The fourth-order valence-corrected chi connectivity index (χ4v) is 1.27. The number of rotatable bonds is 4. The van der Waals surface area contributed by atoms with E-state index in [0.717, 1.165) is 0 Å². The lowest BCUT2D eigenvalue weighted by Crippen LogP contribution is -2.31. The monoisotopic (exact) mass is 247 g/mol. The maximum atomic E-state index is 13.2. The Bertz CT molecular complexity index is 423. The molecule has 0 atom stereocenters. The molecular weight excluding hydrogens is 235 g/mol. The Balaban J connectivity index is 2.81. The number of aliphatic hydroxyl groups is 1. The molecule has 6 heteroatoms. The van der Waals surface area contributed by atoms with Crippen LogP contribution in [0.5, 0.6) is 0 Å². The molecule has 0 aliphatic rings. The van der Waals surface area contributed by atoms with Crippen LogP contribution in [0.1, 0.15) is 5.56 Å². The molecular formula is C11H12F3NO2. The van der Waals surface area contributed by atoms with Gasteiger partial charge in [-0.25, -0.2) is 13.2 Å². The summed E-state index contributed by atoms with van der Waals surface area (Å²) in [4.78, 5) is 12.7. The summed E-state index contributed by atoms with van der Waals surface area (Å²) in [5.74, 6) is -3.93. The van der Waals surface area contributed by atoms with Crippen molar-refractivity contribution >= 4 is 5.91 Å². The van der Waals surface area contributed by atoms with Crippen LogP contribution in [0.3, 0.4) is 0 Å². The third-order valence-electron chi connectivity index (χ3n) is 2.29. The molecule has 1 rings (SSSR count). The average molecular weight is 247 g/mol. The molecule has 0 radical (unpaired) electrons. The number of hydrogen-bond acceptors (Lipinski definition) is 2. The van der Waals surface area contributed by atoms with E-state index in [4.69, 9.17) is 5.11 Å². The summed E-state index contributed by atoms with van der Waals surface area (Å²) in [5.41, 5.74) is -0.210. The average Bonchev–Trinajstić information content (AvgIpc) is 2.26. The lowest BCUT2D eigenvalue weighted by molar-refractivity contribution is -0.129. The summed E-state index contributed by atoms with van der Waals surface area (Å²) in [6.07, 6.45) is -0.375. The van der Waals surface area contributed by atoms with Gasteiger partial charge in [0.05, 0.1) is 13.0 Å². The van der Waals surface area contributed by atoms with Crippen LogP contribution in [-0.2, 0) is 11.2 Å². The fraction of sp³-hybridized carbons (Fsp3) is 0.364. The molecule has 1 aromatic carbocycles. The van der Waals surface area contributed by atoms with Gasteiger partial charge >= 0.3 is 0 Å². The van der Waals surface area contributed by atoms with E-state index in [-0.39, 0.29) is 25.1 Å². The van der Waals surface area contributed by atoms with Gasteiger partial charge in [0.1, 0.15) is 5.82 Å². The first-order chi connectivity index (χ1) is 7.95. The van der Waals surface area contributed by atoms with Crippen LogP contribution >= 0.6 is 0 Å². The minimum Gasteiger partial charge on any atom is -0.395 e. The van der Waals surface area contributed by atoms with Crippen molar-refractivity contribution in [1.82, 2.24) is 4.90 Å². The molecule has 0 bridgehead atoms. The summed E-state index contributed by atoms with van der Waals surface area (Å²) < 4.78 is 38.7. The quantitative estimate of drug-likeness (QED) is 0.809. The van der Waals surface area contributed by atoms with E-state index in [1.54, 1.807) is 0 Å². The van der Waals surface area contributed by atoms with Crippen molar-refractivity contribution in [3.05, 3.63) is 35.1 Å². The van der Waals surface area contributed by atoms with Gasteiger partial charge in [-0.1, -0.05) is 0 Å². The van der Waals surface area contributed by atoms with Gasteiger partial charge in [0, 0.05) is 25.2 Å². The molecule has 1 amide bonds. The minimum absolute atomic E-state index is 0.101. The number of halogens is 3. The molecule has 1 N–H and O–H groups in total. The Hall–Kier alpha value is -1.56. The highest BCUT2D eigenvalue weighted by atomic mass is 19.2. The number of carbonyl (C=O) groups excluding carboxylic acids is 1. The molecule has 0 aliphatic heterocycles. The molecule has 0 unspecified atom stereocenters. The lowest BCUT2D eigenvalue weighted by atomic mass is 10.1. The van der Waals surface area contributed by atoms with Crippen LogP contribution in [0.2, 0.25) is 0 Å². The SMILES string of the molecule is CN(CCO)C(=O)Cc1cc(F)c(F)cc1F. The highest BCUT2D eigenvalue weighted by molar-refractivity contribution is 5.78. The molecule has 94 valence electrons. The van der Waals surface area contributed by atoms with E-state index in [1.165, 1.54) is 11.9 Å². The number of carbonyl (C=O) groups is 1. The number of aliphatic hydroxyl groups excluding tert-OH is 1. The van der Waals surface area contributed by atoms with Gasteiger partial charge in [-0.2, -0.15) is 0 Å². The first-order valence-corrected chi connectivity index (χ1v) is 4.94. The number of benzene rings is 1. The molecule has 1 aromatic rings. The third-order valence-corrected chi connectivity index (χ3v) is 2.29. The van der Waals surface area contributed by atoms with Crippen LogP contribution in [0, 0.1) is 17.5 Å². The van der Waals surface area contributed by atoms with Gasteiger partial charge in [0.2, 0.25) is 5.91 Å². The van der Waals surface area contributed by atoms with E-state index in [1.807, 2.05) is 0 Å². The molecule has 0 saturated carbocycles. The first kappa shape index (κ1) is 13.5. The Labute approximate surface area is 96.5 Å². The van der Waals surface area contributed by atoms with Crippen molar-refractivity contribution < 1.29 is 23.1 Å². The lowest BCUT2D eigenvalue weighted by Gasteiger charge is -2.15. The highest BCUT2D eigenvalue weighted by Crippen LogP contribution is 2.14. The number of amides is 1. The van der Waals surface area contributed by atoms with Crippen LogP contribution in [-0.4, -0.2) is 36.1 Å². The summed E-state index contributed by atoms with van der Waals surface area (Å²) in [5, 5.41) is 8.61. The van der Waals surface area contributed by atoms with Crippen molar-refractivity contribution in [2.45, 2.75) is 6.42 Å². The zero-order valence-electron chi connectivity index (χ0n) is 9.21. The van der Waals surface area contributed by atoms with E-state index >= 15 is 0 Å². The van der Waals surface area contributed by atoms with Crippen molar-refractivity contribution in [1.29, 1.82) is 0 Å². The van der Waals surface area contributed by atoms with Crippen LogP contribution < -0.4 is 0 Å². The number of hydrogen-bond donors (Lipinski definition) is 1. The number of nitrogens with zero attached hydrogens (tertiary/aromatic N) is 1. The smallest absolute Gasteiger partial charge is 0.226 e. The summed E-state index contributed by atoms with van der Waals surface area (Å²) in [6, 6.07) is 1.07. The predicted octanol–water partition coefficient (Wildman–Crippen LogP) is 1.10. The van der Waals surface area contributed by atoms with Crippen molar-refractivity contribution in [3.63, 3.8) is 0 Å². The van der Waals surface area contributed by atoms with Gasteiger partial charge in [-0.3, -0.25) is 4.79 Å². The Morgan fingerprint density at radius 1 is 1.24 bits per heavy atom. The van der Waals surface area contributed by atoms with Crippen LogP contribution in [0.4, 0.5) is 13.2 Å². The second kappa shape index (κ2) is 5.67. The largest absolute Gasteiger partial charge is 0.395 e. The molecule has 17 heavy (non-hydrogen) atoms. The number of likely N-dealkylation sites (N-methyl/N-ethyl adjacent to an activating group) is 1. The zero-order chi connectivity index (χ0) is 13.0. The van der Waals surface area contributed by atoms with Crippen LogP contribution in [0.25, 0.3) is 0 Å². The predicted molar refractivity (Wildman–Crippen MR) is 54.7 cm³/mol. The van der Waals surface area contributed by atoms with E-state index < -0.39 is 23.4 Å². The van der Waals surface area contributed by atoms with Gasteiger partial charge in [-0.15, -0.1) is 0 Å². The summed E-state index contributed by atoms with van der Waals surface area (Å²) >= 11 is 0. The molecule has 0 aromatic heterocycles. The first-order valence-electron chi connectivity index (χ1n) is 4.94. The van der Waals surface area contributed by atoms with Crippen molar-refractivity contribution in [2.75, 3.05) is 20.2 Å². The standard InChI is InChI=1S/C11H12F3NO2/c1-15(2-3-16)11(17)5-7-4-9(13)10(14)6-8(7)12/h4,6,16H,2-3,5H2,1H3. The minimum atomic E-state index is -1.29. The van der Waals surface area contributed by atoms with Gasteiger partial charge in [0.15, 0.2) is 11.6 Å². The third kappa shape index (κ3) is 3.45. The van der Waals surface area contributed by atoms with Gasteiger partial charge < -0.3 is 10.0 Å². The molecule has 0 spiro atoms. The van der Waals surface area contributed by atoms with E-state index in [2.05, 4.69) is 0 Å². The zero-order valence-corrected chi connectivity index (χ0v) is 9.21. The van der Waals surface area contributed by atoms with Gasteiger partial charge in [0.25, 0.3) is 0 Å². The van der Waals surface area contributed by atoms with Crippen LogP contribution in [0.15, 0.2) is 12.1 Å². The molecule has 0 aliphatic carbocycles. The second-order valence-corrected chi connectivity index (χ2v) is 3.57. The Morgan fingerprint density at radius 2 is 1.82 bits per heavy atom. The molecule has 0 fully saturated rings. The summed E-state index contributed by atoms with van der Waals surface area (Å²) in [7, 11) is 1.43. The molecule has 0 heterocycles. The van der Waals surface area contributed by atoms with Crippen molar-refractivity contribution in [3.8, 4) is 0 Å². The van der Waals surface area contributed by atoms with E-state index in [0.29, 0.717) is 12.1 Å². The topological polar surface area (TPSA) is 40.5 Å². The maximum absolute atomic E-state index is 13.2. The van der Waals surface area contributed by atoms with Crippen molar-refractivity contribution in [2.24, 2.45) is 0 Å². The van der Waals surface area contributed by atoms with Gasteiger partial charge in [-0.05, 0) is 6.07 Å². The Kier molecular flexibility index (Phi) is 4.51. The Morgan fingerprint density at radius 3 is 2.41 bits per heavy atom. The van der Waals surface area contributed by atoms with E-state index in [9.17, 15) is 18.0 Å². The fourth-order valence-electron chi connectivity index (χ4n) is 1.27.